The van der Waals surface area contributed by atoms with E-state index < -0.39 is 0 Å². The average molecular weight is 438 g/mol. The molecule has 0 aromatic heterocycles. The van der Waals surface area contributed by atoms with Crippen molar-refractivity contribution in [3.05, 3.63) is 59.7 Å². The van der Waals surface area contributed by atoms with E-state index in [0.717, 1.165) is 28.9 Å². The molecule has 174 valence electrons. The van der Waals surface area contributed by atoms with Crippen LogP contribution in [0, 0.1) is 11.8 Å². The van der Waals surface area contributed by atoms with Gasteiger partial charge in [-0.25, -0.2) is 0 Å². The van der Waals surface area contributed by atoms with Gasteiger partial charge in [-0.1, -0.05) is 65.0 Å². The zero-order chi connectivity index (χ0) is 23.8. The molecule has 0 aliphatic rings. The molecule has 2 aromatic rings. The van der Waals surface area contributed by atoms with Crippen LogP contribution in [-0.2, 0) is 16.1 Å². The number of carbonyl (C=O) groups excluding carboxylic acids is 2. The Morgan fingerprint density at radius 1 is 0.969 bits per heavy atom. The zero-order valence-corrected chi connectivity index (χ0v) is 20.7. The number of hydrogen-bond donors (Lipinski definition) is 1. The molecule has 0 spiro atoms. The van der Waals surface area contributed by atoms with Crippen LogP contribution in [0.2, 0.25) is 0 Å². The molecule has 0 saturated heterocycles. The van der Waals surface area contributed by atoms with Gasteiger partial charge in [-0.2, -0.15) is 0 Å². The highest BCUT2D eigenvalue weighted by Gasteiger charge is 2.26. The van der Waals surface area contributed by atoms with Crippen LogP contribution in [-0.4, -0.2) is 37.4 Å². The minimum atomic E-state index is -0.165. The van der Waals surface area contributed by atoms with Gasteiger partial charge in [0, 0.05) is 44.5 Å². The number of anilines is 2. The molecule has 0 aliphatic carbocycles. The normalized spacial score (nSPS) is 12.0. The quantitative estimate of drug-likeness (QED) is 0.532. The molecule has 0 fully saturated rings. The SMILES string of the molecule is CC[C@@H](C(=O)N(Cc1cc(NC(=O)C(C)C)ccc1N(C)C)CC(C)C)c1ccccc1. The molecule has 2 aromatic carbocycles. The van der Waals surface area contributed by atoms with Gasteiger partial charge in [0.15, 0.2) is 0 Å². The minimum Gasteiger partial charge on any atom is -0.377 e. The van der Waals surface area contributed by atoms with Crippen molar-refractivity contribution < 1.29 is 9.59 Å². The molecule has 0 radical (unpaired) electrons. The Labute approximate surface area is 193 Å². The van der Waals surface area contributed by atoms with Crippen molar-refractivity contribution >= 4 is 23.2 Å². The van der Waals surface area contributed by atoms with E-state index in [0.29, 0.717) is 19.0 Å². The molecule has 0 saturated carbocycles. The lowest BCUT2D eigenvalue weighted by atomic mass is 9.94. The summed E-state index contributed by atoms with van der Waals surface area (Å²) < 4.78 is 0. The van der Waals surface area contributed by atoms with Crippen molar-refractivity contribution in [3.8, 4) is 0 Å². The summed E-state index contributed by atoms with van der Waals surface area (Å²) in [7, 11) is 4.00. The maximum atomic E-state index is 13.7. The van der Waals surface area contributed by atoms with Crippen LogP contribution in [0.5, 0.6) is 0 Å². The van der Waals surface area contributed by atoms with Crippen LogP contribution >= 0.6 is 0 Å². The number of amides is 2. The second kappa shape index (κ2) is 11.7. The molecular formula is C27H39N3O2. The van der Waals surface area contributed by atoms with Crippen LogP contribution in [0.4, 0.5) is 11.4 Å². The first-order chi connectivity index (χ1) is 15.1. The molecule has 1 N–H and O–H groups in total. The lowest BCUT2D eigenvalue weighted by molar-refractivity contribution is -0.134. The maximum absolute atomic E-state index is 13.7. The first-order valence-corrected chi connectivity index (χ1v) is 11.6. The standard InChI is InChI=1S/C27H39N3O2/c1-8-24(21-12-10-9-11-13-21)27(32)30(17-19(2)3)18-22-16-23(28-26(31)20(4)5)14-15-25(22)29(6)7/h9-16,19-20,24H,8,17-18H2,1-7H3,(H,28,31)/t24-/m1/s1. The van der Waals surface area contributed by atoms with Gasteiger partial charge in [0.1, 0.15) is 0 Å². The Morgan fingerprint density at radius 2 is 1.62 bits per heavy atom. The summed E-state index contributed by atoms with van der Waals surface area (Å²) in [6, 6.07) is 16.0. The van der Waals surface area contributed by atoms with Crippen molar-refractivity contribution in [2.75, 3.05) is 30.9 Å². The van der Waals surface area contributed by atoms with E-state index in [2.05, 4.69) is 31.0 Å². The number of nitrogens with one attached hydrogen (secondary N) is 1. The largest absolute Gasteiger partial charge is 0.377 e. The molecule has 5 heteroatoms. The lowest BCUT2D eigenvalue weighted by Crippen LogP contribution is -2.37. The summed E-state index contributed by atoms with van der Waals surface area (Å²) in [6.07, 6.45) is 0.752. The average Bonchev–Trinajstić information content (AvgIpc) is 2.74. The second-order valence-electron chi connectivity index (χ2n) is 9.37. The molecule has 2 amide bonds. The Hall–Kier alpha value is -2.82. The summed E-state index contributed by atoms with van der Waals surface area (Å²) in [4.78, 5) is 29.9. The van der Waals surface area contributed by atoms with E-state index in [9.17, 15) is 9.59 Å². The predicted octanol–water partition coefficient (Wildman–Crippen LogP) is 5.53. The van der Waals surface area contributed by atoms with E-state index in [1.54, 1.807) is 0 Å². The van der Waals surface area contributed by atoms with Crippen molar-refractivity contribution in [1.82, 2.24) is 4.90 Å². The van der Waals surface area contributed by atoms with Crippen LogP contribution in [0.1, 0.15) is 58.1 Å². The molecule has 2 rings (SSSR count). The molecule has 0 heterocycles. The van der Waals surface area contributed by atoms with E-state index in [4.69, 9.17) is 0 Å². The Morgan fingerprint density at radius 3 is 2.16 bits per heavy atom. The van der Waals surface area contributed by atoms with E-state index >= 15 is 0 Å². The topological polar surface area (TPSA) is 52.7 Å². The highest BCUT2D eigenvalue weighted by Crippen LogP contribution is 2.28. The van der Waals surface area contributed by atoms with E-state index in [-0.39, 0.29) is 23.7 Å². The third kappa shape index (κ3) is 6.84. The Kier molecular flexibility index (Phi) is 9.30. The van der Waals surface area contributed by atoms with Crippen molar-refractivity contribution in [2.24, 2.45) is 11.8 Å². The van der Waals surface area contributed by atoms with Crippen molar-refractivity contribution in [1.29, 1.82) is 0 Å². The van der Waals surface area contributed by atoms with Crippen LogP contribution in [0.3, 0.4) is 0 Å². The van der Waals surface area contributed by atoms with Gasteiger partial charge in [-0.05, 0) is 41.7 Å². The number of hydrogen-bond acceptors (Lipinski definition) is 3. The summed E-state index contributed by atoms with van der Waals surface area (Å²) >= 11 is 0. The third-order valence-electron chi connectivity index (χ3n) is 5.52. The van der Waals surface area contributed by atoms with E-state index in [1.807, 2.05) is 81.4 Å². The Bertz CT molecular complexity index is 891. The van der Waals surface area contributed by atoms with Crippen LogP contribution in [0.15, 0.2) is 48.5 Å². The predicted molar refractivity (Wildman–Crippen MR) is 134 cm³/mol. The molecule has 0 unspecified atom stereocenters. The monoisotopic (exact) mass is 437 g/mol. The lowest BCUT2D eigenvalue weighted by Gasteiger charge is -2.30. The third-order valence-corrected chi connectivity index (χ3v) is 5.52. The molecule has 0 aliphatic heterocycles. The van der Waals surface area contributed by atoms with Crippen LogP contribution < -0.4 is 10.2 Å². The Balaban J connectivity index is 2.39. The molecule has 1 atom stereocenters. The molecule has 0 bridgehead atoms. The number of rotatable bonds is 10. The van der Waals surface area contributed by atoms with Gasteiger partial charge < -0.3 is 15.1 Å². The fourth-order valence-electron chi connectivity index (χ4n) is 3.85. The molecular weight excluding hydrogens is 398 g/mol. The van der Waals surface area contributed by atoms with E-state index in [1.165, 1.54) is 0 Å². The fourth-order valence-corrected chi connectivity index (χ4v) is 3.85. The first-order valence-electron chi connectivity index (χ1n) is 11.6. The van der Waals surface area contributed by atoms with Gasteiger partial charge in [-0.3, -0.25) is 9.59 Å². The van der Waals surface area contributed by atoms with Crippen LogP contribution in [0.25, 0.3) is 0 Å². The minimum absolute atomic E-state index is 0.0150. The summed E-state index contributed by atoms with van der Waals surface area (Å²) in [5.74, 6) is 0.218. The van der Waals surface area contributed by atoms with Gasteiger partial charge in [0.2, 0.25) is 11.8 Å². The highest BCUT2D eigenvalue weighted by atomic mass is 16.2. The first kappa shape index (κ1) is 25.4. The van der Waals surface area contributed by atoms with Gasteiger partial charge in [0.05, 0.1) is 5.92 Å². The molecule has 32 heavy (non-hydrogen) atoms. The maximum Gasteiger partial charge on any atom is 0.230 e. The van der Waals surface area contributed by atoms with Gasteiger partial charge in [0.25, 0.3) is 0 Å². The summed E-state index contributed by atoms with van der Waals surface area (Å²) in [6.45, 7) is 11.3. The fraction of sp³-hybridized carbons (Fsp3) is 0.481. The number of benzene rings is 2. The van der Waals surface area contributed by atoms with Gasteiger partial charge in [-0.15, -0.1) is 0 Å². The summed E-state index contributed by atoms with van der Waals surface area (Å²) in [5, 5.41) is 2.99. The van der Waals surface area contributed by atoms with Crippen molar-refractivity contribution in [2.45, 2.75) is 53.5 Å². The molecule has 5 nitrogen and oxygen atoms in total. The number of carbonyl (C=O) groups is 2. The highest BCUT2D eigenvalue weighted by molar-refractivity contribution is 5.92. The number of nitrogens with zero attached hydrogens (tertiary/aromatic N) is 2. The second-order valence-corrected chi connectivity index (χ2v) is 9.37. The zero-order valence-electron chi connectivity index (χ0n) is 20.7. The van der Waals surface area contributed by atoms with Crippen molar-refractivity contribution in [3.63, 3.8) is 0 Å². The smallest absolute Gasteiger partial charge is 0.230 e. The van der Waals surface area contributed by atoms with Gasteiger partial charge >= 0.3 is 0 Å². The summed E-state index contributed by atoms with van der Waals surface area (Å²) in [5.41, 5.74) is 3.88.